The molecule has 0 saturated carbocycles. The summed E-state index contributed by atoms with van der Waals surface area (Å²) in [6.45, 7) is 4.25. The number of ether oxygens (including phenoxy) is 1. The van der Waals surface area contributed by atoms with E-state index >= 15 is 0 Å². The van der Waals surface area contributed by atoms with E-state index in [1.165, 1.54) is 17.9 Å². The van der Waals surface area contributed by atoms with Gasteiger partial charge in [0, 0.05) is 25.0 Å². The molecule has 0 unspecified atom stereocenters. The Bertz CT molecular complexity index is 701. The molecule has 1 heterocycles. The molecule has 0 aliphatic heterocycles. The summed E-state index contributed by atoms with van der Waals surface area (Å²) < 4.78 is 32.3. The van der Waals surface area contributed by atoms with Gasteiger partial charge in [-0.05, 0) is 25.5 Å². The van der Waals surface area contributed by atoms with Crippen molar-refractivity contribution in [3.05, 3.63) is 35.7 Å². The molecule has 1 aromatic heterocycles. The summed E-state index contributed by atoms with van der Waals surface area (Å²) in [7, 11) is 1.50. The smallest absolute Gasteiger partial charge is 0.323 e. The van der Waals surface area contributed by atoms with Gasteiger partial charge in [-0.2, -0.15) is 5.10 Å². The van der Waals surface area contributed by atoms with Crippen molar-refractivity contribution in [3.8, 4) is 5.75 Å². The Balaban J connectivity index is 2.09. The number of rotatable bonds is 5. The molecule has 0 aliphatic rings. The van der Waals surface area contributed by atoms with Crippen molar-refractivity contribution in [1.82, 2.24) is 9.78 Å². The van der Waals surface area contributed by atoms with Crippen LogP contribution in [0.4, 0.5) is 25.0 Å². The van der Waals surface area contributed by atoms with Gasteiger partial charge in [0.15, 0.2) is 5.69 Å². The highest BCUT2D eigenvalue weighted by Crippen LogP contribution is 2.26. The number of urea groups is 1. The minimum Gasteiger partial charge on any atom is -0.494 e. The van der Waals surface area contributed by atoms with Crippen LogP contribution >= 0.6 is 0 Å². The van der Waals surface area contributed by atoms with Crippen LogP contribution in [0.1, 0.15) is 24.6 Å². The first-order valence-electron chi connectivity index (χ1n) is 7.03. The van der Waals surface area contributed by atoms with Crippen molar-refractivity contribution in [2.45, 2.75) is 20.3 Å². The average molecular weight is 324 g/mol. The molecular weight excluding hydrogens is 306 g/mol. The number of nitrogens with one attached hydrogen (secondary N) is 2. The maximum atomic E-state index is 12.8. The summed E-state index contributed by atoms with van der Waals surface area (Å²) in [5.41, 5.74) is 0.933. The van der Waals surface area contributed by atoms with Gasteiger partial charge in [0.05, 0.1) is 12.3 Å². The van der Waals surface area contributed by atoms with E-state index in [9.17, 15) is 13.6 Å². The Labute approximate surface area is 132 Å². The fraction of sp³-hybridized carbons (Fsp3) is 0.333. The van der Waals surface area contributed by atoms with E-state index in [4.69, 9.17) is 4.74 Å². The highest BCUT2D eigenvalue weighted by molar-refractivity contribution is 6.00. The molecule has 23 heavy (non-hydrogen) atoms. The monoisotopic (exact) mass is 324 g/mol. The van der Waals surface area contributed by atoms with Crippen molar-refractivity contribution in [2.24, 2.45) is 7.05 Å². The van der Waals surface area contributed by atoms with Gasteiger partial charge in [-0.3, -0.25) is 4.68 Å². The van der Waals surface area contributed by atoms with Gasteiger partial charge < -0.3 is 15.4 Å². The molecule has 0 fully saturated rings. The second-order valence-electron chi connectivity index (χ2n) is 4.89. The molecule has 2 amide bonds. The summed E-state index contributed by atoms with van der Waals surface area (Å²) in [4.78, 5) is 12.0. The molecule has 6 nitrogen and oxygen atoms in total. The first-order valence-corrected chi connectivity index (χ1v) is 7.03. The fourth-order valence-electron chi connectivity index (χ4n) is 2.04. The zero-order valence-corrected chi connectivity index (χ0v) is 13.1. The van der Waals surface area contributed by atoms with E-state index < -0.39 is 18.2 Å². The number of hydrogen-bond acceptors (Lipinski definition) is 3. The lowest BCUT2D eigenvalue weighted by Crippen LogP contribution is -2.20. The third-order valence-corrected chi connectivity index (χ3v) is 3.06. The van der Waals surface area contributed by atoms with Crippen LogP contribution in [0.2, 0.25) is 0 Å². The molecule has 1 aromatic carbocycles. The summed E-state index contributed by atoms with van der Waals surface area (Å²) in [6, 6.07) is 4.55. The molecule has 0 bridgehead atoms. The maximum absolute atomic E-state index is 12.8. The molecule has 0 aliphatic carbocycles. The van der Waals surface area contributed by atoms with E-state index in [1.807, 2.05) is 13.8 Å². The van der Waals surface area contributed by atoms with Crippen LogP contribution in [0.15, 0.2) is 24.4 Å². The van der Waals surface area contributed by atoms with E-state index in [-0.39, 0.29) is 5.69 Å². The average Bonchev–Trinajstić information content (AvgIpc) is 2.83. The second-order valence-corrected chi connectivity index (χ2v) is 4.89. The Kier molecular flexibility index (Phi) is 5.15. The number of aryl methyl sites for hydroxylation is 2. The third kappa shape index (κ3) is 4.18. The van der Waals surface area contributed by atoms with Crippen molar-refractivity contribution in [2.75, 3.05) is 17.2 Å². The highest BCUT2D eigenvalue weighted by atomic mass is 19.3. The molecule has 2 rings (SSSR count). The molecule has 2 N–H and O–H groups in total. The quantitative estimate of drug-likeness (QED) is 0.881. The number of carbonyl (C=O) groups excluding carboxylic acids is 1. The number of benzene rings is 1. The van der Waals surface area contributed by atoms with E-state index in [0.717, 1.165) is 5.56 Å². The summed E-state index contributed by atoms with van der Waals surface area (Å²) >= 11 is 0. The Morgan fingerprint density at radius 2 is 2.13 bits per heavy atom. The number of hydrogen-bond donors (Lipinski definition) is 2. The SMILES string of the molecule is CCOc1cc(NC(=O)Nc2cn(C)nc2C(F)F)ccc1C. The third-order valence-electron chi connectivity index (χ3n) is 3.06. The van der Waals surface area contributed by atoms with Crippen LogP contribution in [0, 0.1) is 6.92 Å². The standard InChI is InChI=1S/C15H18F2N4O2/c1-4-23-12-7-10(6-5-9(12)2)18-15(22)19-11-8-21(3)20-13(11)14(16)17/h5-8,14H,4H2,1-3H3,(H2,18,19,22). The zero-order chi connectivity index (χ0) is 17.0. The molecule has 124 valence electrons. The van der Waals surface area contributed by atoms with Gasteiger partial charge in [0.25, 0.3) is 6.43 Å². The normalized spacial score (nSPS) is 10.7. The van der Waals surface area contributed by atoms with E-state index in [1.54, 1.807) is 18.2 Å². The van der Waals surface area contributed by atoms with Gasteiger partial charge in [-0.1, -0.05) is 6.07 Å². The van der Waals surface area contributed by atoms with Gasteiger partial charge >= 0.3 is 6.03 Å². The number of carbonyl (C=O) groups is 1. The maximum Gasteiger partial charge on any atom is 0.323 e. The topological polar surface area (TPSA) is 68.2 Å². The van der Waals surface area contributed by atoms with Gasteiger partial charge in [-0.15, -0.1) is 0 Å². The van der Waals surface area contributed by atoms with Crippen LogP contribution in [0.25, 0.3) is 0 Å². The molecule has 0 atom stereocenters. The zero-order valence-electron chi connectivity index (χ0n) is 13.1. The predicted molar refractivity (Wildman–Crippen MR) is 83.2 cm³/mol. The summed E-state index contributed by atoms with van der Waals surface area (Å²) in [5.74, 6) is 0.653. The molecule has 0 radical (unpaired) electrons. The van der Waals surface area contributed by atoms with Crippen LogP contribution in [0.5, 0.6) is 5.75 Å². The van der Waals surface area contributed by atoms with Crippen LogP contribution in [-0.2, 0) is 7.05 Å². The molecular formula is C15H18F2N4O2. The molecule has 0 saturated heterocycles. The molecule has 8 heteroatoms. The lowest BCUT2D eigenvalue weighted by molar-refractivity contribution is 0.146. The van der Waals surface area contributed by atoms with E-state index in [2.05, 4.69) is 15.7 Å². The number of anilines is 2. The lowest BCUT2D eigenvalue weighted by atomic mass is 10.2. The fourth-order valence-corrected chi connectivity index (χ4v) is 2.04. The minimum absolute atomic E-state index is 0.0304. The second kappa shape index (κ2) is 7.08. The van der Waals surface area contributed by atoms with Crippen molar-refractivity contribution < 1.29 is 18.3 Å². The van der Waals surface area contributed by atoms with Gasteiger partial charge in [0.2, 0.25) is 0 Å². The number of aromatic nitrogens is 2. The molecule has 2 aromatic rings. The van der Waals surface area contributed by atoms with Gasteiger partial charge in [-0.25, -0.2) is 13.6 Å². The number of halogens is 2. The predicted octanol–water partition coefficient (Wildman–Crippen LogP) is 3.71. The Morgan fingerprint density at radius 1 is 1.39 bits per heavy atom. The Morgan fingerprint density at radius 3 is 2.78 bits per heavy atom. The summed E-state index contributed by atoms with van der Waals surface area (Å²) in [5, 5.41) is 8.58. The number of amides is 2. The minimum atomic E-state index is -2.77. The lowest BCUT2D eigenvalue weighted by Gasteiger charge is -2.11. The van der Waals surface area contributed by atoms with Crippen molar-refractivity contribution in [3.63, 3.8) is 0 Å². The van der Waals surface area contributed by atoms with Gasteiger partial charge in [0.1, 0.15) is 5.75 Å². The van der Waals surface area contributed by atoms with Crippen molar-refractivity contribution >= 4 is 17.4 Å². The number of alkyl halides is 2. The molecule has 0 spiro atoms. The van der Waals surface area contributed by atoms with Crippen LogP contribution in [0.3, 0.4) is 0 Å². The first-order chi connectivity index (χ1) is 10.9. The van der Waals surface area contributed by atoms with Crippen molar-refractivity contribution in [1.29, 1.82) is 0 Å². The summed E-state index contributed by atoms with van der Waals surface area (Å²) in [6.07, 6.45) is -1.45. The highest BCUT2D eigenvalue weighted by Gasteiger charge is 2.19. The largest absolute Gasteiger partial charge is 0.494 e. The Hall–Kier alpha value is -2.64. The van der Waals surface area contributed by atoms with Crippen LogP contribution < -0.4 is 15.4 Å². The number of nitrogens with zero attached hydrogens (tertiary/aromatic N) is 2. The van der Waals surface area contributed by atoms with Crippen LogP contribution in [-0.4, -0.2) is 22.4 Å². The van der Waals surface area contributed by atoms with E-state index in [0.29, 0.717) is 18.0 Å². The first kappa shape index (κ1) is 16.7.